The van der Waals surface area contributed by atoms with Crippen molar-refractivity contribution in [2.75, 3.05) is 11.9 Å². The van der Waals surface area contributed by atoms with Crippen LogP contribution in [-0.4, -0.2) is 54.0 Å². The summed E-state index contributed by atoms with van der Waals surface area (Å²) in [5.74, 6) is -0.0658. The molecule has 3 aromatic heterocycles. The molecule has 4 aromatic rings. The summed E-state index contributed by atoms with van der Waals surface area (Å²) in [5, 5.41) is 26.4. The van der Waals surface area contributed by atoms with Crippen LogP contribution in [0.4, 0.5) is 11.5 Å². The number of benzene rings is 1. The number of ether oxygens (including phenoxy) is 2. The molecule has 2 N–H and O–H groups in total. The second-order valence-electron chi connectivity index (χ2n) is 10.6. The van der Waals surface area contributed by atoms with Crippen molar-refractivity contribution in [3.05, 3.63) is 64.8 Å². The number of hydrogen-bond acceptors (Lipinski definition) is 9. The molecule has 202 valence electrons. The molecule has 2 unspecified atom stereocenters. The number of rotatable bonds is 7. The maximum Gasteiger partial charge on any atom is 0.335 e. The molecular weight excluding hydrogens is 500 g/mol. The number of esters is 1. The molecule has 1 aliphatic rings. The van der Waals surface area contributed by atoms with Gasteiger partial charge in [-0.15, -0.1) is 0 Å². The van der Waals surface area contributed by atoms with Crippen LogP contribution in [0, 0.1) is 11.3 Å². The van der Waals surface area contributed by atoms with Gasteiger partial charge in [-0.3, -0.25) is 9.48 Å². The van der Waals surface area contributed by atoms with Gasteiger partial charge in [0.25, 0.3) is 5.56 Å². The van der Waals surface area contributed by atoms with Crippen LogP contribution in [0.1, 0.15) is 45.6 Å². The van der Waals surface area contributed by atoms with Crippen molar-refractivity contribution in [2.45, 2.75) is 63.8 Å². The Balaban J connectivity index is 1.43. The quantitative estimate of drug-likeness (QED) is 0.343. The maximum absolute atomic E-state index is 12.9. The molecule has 0 saturated carbocycles. The van der Waals surface area contributed by atoms with Gasteiger partial charge in [0.05, 0.1) is 49.1 Å². The molecule has 0 radical (unpaired) electrons. The van der Waals surface area contributed by atoms with Crippen molar-refractivity contribution < 1.29 is 14.3 Å². The van der Waals surface area contributed by atoms with E-state index in [1.807, 2.05) is 24.3 Å². The standard InChI is InChI=1S/C27H30N8O4/c1-26(2,3)39-25(37)21-8-10-27(11-12-28,17-38-21)35-20-9-13-29-24(36)22(20)23(33-35)32-19-6-4-18(5-7-19)16-34-30-14-15-31-34/h4-7,9,13-15,21H,8,10-11,16-17H2,1-3H3,(H,29,36)(H,32,33). The number of carbonyl (C=O) groups excluding carboxylic acids is 1. The Morgan fingerprint density at radius 2 is 2.00 bits per heavy atom. The number of nitrogens with zero attached hydrogens (tertiary/aromatic N) is 6. The molecule has 39 heavy (non-hydrogen) atoms. The fourth-order valence-electron chi connectivity index (χ4n) is 4.74. The normalized spacial score (nSPS) is 19.5. The van der Waals surface area contributed by atoms with Crippen LogP contribution in [0.25, 0.3) is 10.9 Å². The van der Waals surface area contributed by atoms with Crippen LogP contribution in [0.3, 0.4) is 0 Å². The van der Waals surface area contributed by atoms with E-state index < -0.39 is 23.2 Å². The molecule has 12 heteroatoms. The van der Waals surface area contributed by atoms with Crippen molar-refractivity contribution in [1.82, 2.24) is 29.8 Å². The smallest absolute Gasteiger partial charge is 0.335 e. The van der Waals surface area contributed by atoms with Gasteiger partial charge in [-0.1, -0.05) is 12.1 Å². The predicted molar refractivity (Wildman–Crippen MR) is 142 cm³/mol. The summed E-state index contributed by atoms with van der Waals surface area (Å²) in [6.07, 6.45) is 4.98. The average molecular weight is 531 g/mol. The molecule has 1 fully saturated rings. The van der Waals surface area contributed by atoms with Crippen LogP contribution in [0.15, 0.2) is 53.7 Å². The highest BCUT2D eigenvalue weighted by Gasteiger charge is 2.43. The number of nitrogens with one attached hydrogen (secondary N) is 2. The van der Waals surface area contributed by atoms with Gasteiger partial charge in [0.2, 0.25) is 0 Å². The topological polar surface area (TPSA) is 153 Å². The molecular formula is C27H30N8O4. The van der Waals surface area contributed by atoms with E-state index in [4.69, 9.17) is 14.6 Å². The minimum Gasteiger partial charge on any atom is -0.458 e. The lowest BCUT2D eigenvalue weighted by Crippen LogP contribution is -2.47. The first-order valence-corrected chi connectivity index (χ1v) is 12.7. The van der Waals surface area contributed by atoms with E-state index in [1.165, 1.54) is 0 Å². The number of aromatic amines is 1. The van der Waals surface area contributed by atoms with Crippen molar-refractivity contribution in [3.63, 3.8) is 0 Å². The third kappa shape index (κ3) is 5.53. The summed E-state index contributed by atoms with van der Waals surface area (Å²) in [4.78, 5) is 29.8. The van der Waals surface area contributed by atoms with Crippen molar-refractivity contribution in [1.29, 1.82) is 5.26 Å². The van der Waals surface area contributed by atoms with E-state index >= 15 is 0 Å². The van der Waals surface area contributed by atoms with Crippen molar-refractivity contribution in [2.24, 2.45) is 0 Å². The zero-order valence-electron chi connectivity index (χ0n) is 22.0. The van der Waals surface area contributed by atoms with E-state index in [1.54, 1.807) is 54.9 Å². The number of fused-ring (bicyclic) bond motifs is 1. The van der Waals surface area contributed by atoms with Gasteiger partial charge in [-0.05, 0) is 57.4 Å². The van der Waals surface area contributed by atoms with Gasteiger partial charge in [-0.25, -0.2) is 4.79 Å². The molecule has 0 bridgehead atoms. The summed E-state index contributed by atoms with van der Waals surface area (Å²) >= 11 is 0. The number of carbonyl (C=O) groups is 1. The Morgan fingerprint density at radius 3 is 2.64 bits per heavy atom. The van der Waals surface area contributed by atoms with E-state index in [9.17, 15) is 14.9 Å². The van der Waals surface area contributed by atoms with Crippen LogP contribution >= 0.6 is 0 Å². The average Bonchev–Trinajstić information content (AvgIpc) is 3.54. The molecule has 0 spiro atoms. The number of nitriles is 1. The molecule has 1 saturated heterocycles. The van der Waals surface area contributed by atoms with Crippen LogP contribution < -0.4 is 10.9 Å². The number of anilines is 2. The third-order valence-corrected chi connectivity index (χ3v) is 6.56. The minimum absolute atomic E-state index is 0.0731. The zero-order valence-corrected chi connectivity index (χ0v) is 22.0. The van der Waals surface area contributed by atoms with E-state index in [2.05, 4.69) is 26.6 Å². The highest BCUT2D eigenvalue weighted by atomic mass is 16.6. The summed E-state index contributed by atoms with van der Waals surface area (Å²) in [7, 11) is 0. The molecule has 1 aromatic carbocycles. The van der Waals surface area contributed by atoms with Gasteiger partial charge in [0, 0.05) is 11.9 Å². The number of hydrogen-bond donors (Lipinski definition) is 2. The summed E-state index contributed by atoms with van der Waals surface area (Å²) < 4.78 is 13.2. The minimum atomic E-state index is -0.861. The Kier molecular flexibility index (Phi) is 6.93. The van der Waals surface area contributed by atoms with Crippen LogP contribution in [0.2, 0.25) is 0 Å². The largest absolute Gasteiger partial charge is 0.458 e. The number of aromatic nitrogens is 6. The molecule has 0 aliphatic carbocycles. The lowest BCUT2D eigenvalue weighted by Gasteiger charge is -2.39. The molecule has 0 amide bonds. The summed E-state index contributed by atoms with van der Waals surface area (Å²) in [6, 6.07) is 11.7. The molecule has 2 atom stereocenters. The maximum atomic E-state index is 12.9. The van der Waals surface area contributed by atoms with Crippen LogP contribution in [0.5, 0.6) is 0 Å². The lowest BCUT2D eigenvalue weighted by atomic mass is 9.87. The van der Waals surface area contributed by atoms with Crippen molar-refractivity contribution in [3.8, 4) is 6.07 Å². The first-order valence-electron chi connectivity index (χ1n) is 12.7. The predicted octanol–water partition coefficient (Wildman–Crippen LogP) is 3.24. The zero-order chi connectivity index (χ0) is 27.6. The second kappa shape index (κ2) is 10.3. The van der Waals surface area contributed by atoms with Gasteiger partial charge in [0.15, 0.2) is 11.9 Å². The first-order chi connectivity index (χ1) is 18.7. The molecule has 12 nitrogen and oxygen atoms in total. The Hall–Kier alpha value is -4.50. The van der Waals surface area contributed by atoms with E-state index in [0.29, 0.717) is 36.1 Å². The van der Waals surface area contributed by atoms with Gasteiger partial charge in [0.1, 0.15) is 11.0 Å². The summed E-state index contributed by atoms with van der Waals surface area (Å²) in [6.45, 7) is 6.02. The molecule has 4 heterocycles. The van der Waals surface area contributed by atoms with Crippen LogP contribution in [-0.2, 0) is 26.4 Å². The molecule has 5 rings (SSSR count). The Morgan fingerprint density at radius 1 is 1.26 bits per heavy atom. The monoisotopic (exact) mass is 530 g/mol. The van der Waals surface area contributed by atoms with Gasteiger partial charge < -0.3 is 19.8 Å². The number of pyridine rings is 1. The summed E-state index contributed by atoms with van der Waals surface area (Å²) in [5.41, 5.74) is 0.517. The fraction of sp³-hybridized carbons (Fsp3) is 0.407. The van der Waals surface area contributed by atoms with Gasteiger partial charge in [-0.2, -0.15) is 25.4 Å². The number of H-pyrrole nitrogens is 1. The Labute approximate surface area is 224 Å². The lowest BCUT2D eigenvalue weighted by molar-refractivity contribution is -0.176. The third-order valence-electron chi connectivity index (χ3n) is 6.56. The highest BCUT2D eigenvalue weighted by molar-refractivity contribution is 5.91. The van der Waals surface area contributed by atoms with E-state index in [-0.39, 0.29) is 18.6 Å². The second-order valence-corrected chi connectivity index (χ2v) is 10.6. The SMILES string of the molecule is CC(C)(C)OC(=O)C1CCC(CC#N)(n2nc(Nc3ccc(Cn4nccn4)cc3)c3c(=O)[nH]ccc32)CO1. The van der Waals surface area contributed by atoms with Crippen molar-refractivity contribution >= 4 is 28.4 Å². The van der Waals surface area contributed by atoms with E-state index in [0.717, 1.165) is 11.3 Å². The molecule has 1 aliphatic heterocycles. The fourth-order valence-corrected chi connectivity index (χ4v) is 4.74. The highest BCUT2D eigenvalue weighted by Crippen LogP contribution is 2.37. The Bertz CT molecular complexity index is 1550. The van der Waals surface area contributed by atoms with Gasteiger partial charge >= 0.3 is 5.97 Å². The first kappa shape index (κ1) is 26.1.